The van der Waals surface area contributed by atoms with Crippen molar-refractivity contribution in [2.45, 2.75) is 26.2 Å². The summed E-state index contributed by atoms with van der Waals surface area (Å²) in [5.74, 6) is -0.594. The second-order valence-corrected chi connectivity index (χ2v) is 5.35. The zero-order valence-electron chi connectivity index (χ0n) is 11.6. The van der Waals surface area contributed by atoms with Crippen LogP contribution in [0.25, 0.3) is 0 Å². The van der Waals surface area contributed by atoms with Crippen molar-refractivity contribution >= 4 is 17.6 Å². The molecule has 0 aliphatic carbocycles. The van der Waals surface area contributed by atoms with E-state index >= 15 is 0 Å². The van der Waals surface area contributed by atoms with Gasteiger partial charge in [0, 0.05) is 30.8 Å². The predicted molar refractivity (Wildman–Crippen MR) is 76.5 cm³/mol. The number of nitrogens with two attached hydrogens (primary N) is 1. The number of rotatable bonds is 3. The van der Waals surface area contributed by atoms with Crippen molar-refractivity contribution in [2.24, 2.45) is 5.92 Å². The fraction of sp³-hybridized carbons (Fsp3) is 0.467. The Morgan fingerprint density at radius 1 is 1.35 bits per heavy atom. The minimum atomic E-state index is -0.763. The van der Waals surface area contributed by atoms with Crippen LogP contribution in [0.4, 0.5) is 5.69 Å². The largest absolute Gasteiger partial charge is 0.481 e. The molecule has 1 aliphatic rings. The number of hydrogen-bond donors (Lipinski definition) is 2. The molecule has 1 aliphatic heterocycles. The summed E-state index contributed by atoms with van der Waals surface area (Å²) in [4.78, 5) is 24.9. The average molecular weight is 276 g/mol. The van der Waals surface area contributed by atoms with E-state index in [9.17, 15) is 9.59 Å². The van der Waals surface area contributed by atoms with Crippen LogP contribution in [0.3, 0.4) is 0 Å². The molecular formula is C15H20N2O3. The van der Waals surface area contributed by atoms with Gasteiger partial charge in [-0.05, 0) is 43.4 Å². The molecule has 5 heteroatoms. The average Bonchev–Trinajstić information content (AvgIpc) is 2.41. The van der Waals surface area contributed by atoms with Gasteiger partial charge in [-0.15, -0.1) is 0 Å². The number of carboxylic acids is 1. The van der Waals surface area contributed by atoms with Crippen molar-refractivity contribution in [3.05, 3.63) is 29.3 Å². The molecule has 1 fully saturated rings. The number of carbonyl (C=O) groups excluding carboxylic acids is 1. The first-order valence-electron chi connectivity index (χ1n) is 6.85. The van der Waals surface area contributed by atoms with Crippen molar-refractivity contribution in [3.8, 4) is 0 Å². The van der Waals surface area contributed by atoms with E-state index in [4.69, 9.17) is 10.8 Å². The topological polar surface area (TPSA) is 83.6 Å². The summed E-state index contributed by atoms with van der Waals surface area (Å²) in [7, 11) is 0. The van der Waals surface area contributed by atoms with Gasteiger partial charge in [0.1, 0.15) is 0 Å². The van der Waals surface area contributed by atoms with Crippen LogP contribution in [-0.2, 0) is 4.79 Å². The lowest BCUT2D eigenvalue weighted by Crippen LogP contribution is -2.39. The van der Waals surface area contributed by atoms with Gasteiger partial charge in [-0.3, -0.25) is 9.59 Å². The first-order valence-corrected chi connectivity index (χ1v) is 6.85. The van der Waals surface area contributed by atoms with E-state index < -0.39 is 5.97 Å². The van der Waals surface area contributed by atoms with Crippen LogP contribution in [0.2, 0.25) is 0 Å². The molecular weight excluding hydrogens is 256 g/mol. The molecule has 108 valence electrons. The maximum absolute atomic E-state index is 12.5. The number of benzene rings is 1. The van der Waals surface area contributed by atoms with Gasteiger partial charge in [-0.25, -0.2) is 0 Å². The monoisotopic (exact) mass is 276 g/mol. The van der Waals surface area contributed by atoms with Crippen LogP contribution in [0.1, 0.15) is 35.2 Å². The molecule has 0 saturated carbocycles. The van der Waals surface area contributed by atoms with Crippen LogP contribution >= 0.6 is 0 Å². The summed E-state index contributed by atoms with van der Waals surface area (Å²) >= 11 is 0. The fourth-order valence-electron chi connectivity index (χ4n) is 2.64. The van der Waals surface area contributed by atoms with Gasteiger partial charge in [-0.2, -0.15) is 0 Å². The third-order valence-corrected chi connectivity index (χ3v) is 3.97. The van der Waals surface area contributed by atoms with Crippen LogP contribution in [0.5, 0.6) is 0 Å². The summed E-state index contributed by atoms with van der Waals surface area (Å²) in [5.41, 5.74) is 7.90. The van der Waals surface area contributed by atoms with Gasteiger partial charge in [0.15, 0.2) is 0 Å². The van der Waals surface area contributed by atoms with E-state index in [2.05, 4.69) is 0 Å². The number of anilines is 1. The number of amides is 1. The molecule has 5 nitrogen and oxygen atoms in total. The molecule has 0 aromatic heterocycles. The number of hydrogen-bond acceptors (Lipinski definition) is 3. The molecule has 2 rings (SSSR count). The van der Waals surface area contributed by atoms with Gasteiger partial charge >= 0.3 is 5.97 Å². The minimum Gasteiger partial charge on any atom is -0.481 e. The zero-order chi connectivity index (χ0) is 14.7. The summed E-state index contributed by atoms with van der Waals surface area (Å²) in [6.45, 7) is 3.08. The summed E-state index contributed by atoms with van der Waals surface area (Å²) in [5, 5.41) is 8.79. The number of nitrogens with zero attached hydrogens (tertiary/aromatic N) is 1. The Balaban J connectivity index is 2.02. The number of carbonyl (C=O) groups is 2. The lowest BCUT2D eigenvalue weighted by molar-refractivity contribution is -0.138. The third-order valence-electron chi connectivity index (χ3n) is 3.97. The van der Waals surface area contributed by atoms with Crippen LogP contribution in [-0.4, -0.2) is 35.0 Å². The molecule has 20 heavy (non-hydrogen) atoms. The Labute approximate surface area is 118 Å². The highest BCUT2D eigenvalue weighted by molar-refractivity contribution is 5.97. The van der Waals surface area contributed by atoms with Crippen LogP contribution in [0, 0.1) is 12.8 Å². The van der Waals surface area contributed by atoms with Crippen LogP contribution in [0.15, 0.2) is 18.2 Å². The smallest absolute Gasteiger partial charge is 0.303 e. The first kappa shape index (κ1) is 14.4. The molecule has 0 spiro atoms. The Bertz CT molecular complexity index is 520. The quantitative estimate of drug-likeness (QED) is 0.826. The minimum absolute atomic E-state index is 0.0106. The second kappa shape index (κ2) is 5.94. The predicted octanol–water partition coefficient (Wildman–Crippen LogP) is 1.90. The van der Waals surface area contributed by atoms with Crippen molar-refractivity contribution in [1.29, 1.82) is 0 Å². The summed E-state index contributed by atoms with van der Waals surface area (Å²) in [6.07, 6.45) is 1.69. The van der Waals surface area contributed by atoms with Gasteiger partial charge in [-0.1, -0.05) is 6.07 Å². The molecule has 1 heterocycles. The van der Waals surface area contributed by atoms with Crippen LogP contribution < -0.4 is 5.73 Å². The fourth-order valence-corrected chi connectivity index (χ4v) is 2.64. The molecule has 0 radical (unpaired) electrons. The maximum Gasteiger partial charge on any atom is 0.303 e. The normalized spacial score (nSPS) is 16.1. The van der Waals surface area contributed by atoms with Gasteiger partial charge < -0.3 is 15.7 Å². The number of nitrogen functional groups attached to an aromatic ring is 1. The molecule has 1 aromatic rings. The van der Waals surface area contributed by atoms with Gasteiger partial charge in [0.2, 0.25) is 0 Å². The summed E-state index contributed by atoms with van der Waals surface area (Å²) < 4.78 is 0. The Morgan fingerprint density at radius 3 is 2.60 bits per heavy atom. The van der Waals surface area contributed by atoms with E-state index in [0.29, 0.717) is 24.3 Å². The molecule has 3 N–H and O–H groups in total. The van der Waals surface area contributed by atoms with Crippen molar-refractivity contribution in [3.63, 3.8) is 0 Å². The molecule has 1 aromatic carbocycles. The van der Waals surface area contributed by atoms with Gasteiger partial charge in [0.25, 0.3) is 5.91 Å². The number of carboxylic acid groups (broad SMARTS) is 1. The van der Waals surface area contributed by atoms with E-state index in [0.717, 1.165) is 18.4 Å². The molecule has 0 bridgehead atoms. The highest BCUT2D eigenvalue weighted by Gasteiger charge is 2.25. The Morgan fingerprint density at radius 2 is 2.00 bits per heavy atom. The Hall–Kier alpha value is -2.04. The highest BCUT2D eigenvalue weighted by atomic mass is 16.4. The lowest BCUT2D eigenvalue weighted by Gasteiger charge is -2.31. The number of aliphatic carboxylic acids is 1. The van der Waals surface area contributed by atoms with E-state index in [1.54, 1.807) is 23.1 Å². The van der Waals surface area contributed by atoms with E-state index in [-0.39, 0.29) is 18.2 Å². The van der Waals surface area contributed by atoms with Gasteiger partial charge in [0.05, 0.1) is 0 Å². The maximum atomic E-state index is 12.5. The molecule has 0 atom stereocenters. The number of piperidine rings is 1. The zero-order valence-corrected chi connectivity index (χ0v) is 11.6. The molecule has 0 unspecified atom stereocenters. The van der Waals surface area contributed by atoms with E-state index in [1.165, 1.54) is 0 Å². The highest BCUT2D eigenvalue weighted by Crippen LogP contribution is 2.23. The SMILES string of the molecule is Cc1c(N)cccc1C(=O)N1CCC(CC(=O)O)CC1. The molecule has 1 saturated heterocycles. The third kappa shape index (κ3) is 3.10. The van der Waals surface area contributed by atoms with Crippen molar-refractivity contribution in [1.82, 2.24) is 4.90 Å². The Kier molecular flexibility index (Phi) is 4.27. The summed E-state index contributed by atoms with van der Waals surface area (Å²) in [6, 6.07) is 5.36. The van der Waals surface area contributed by atoms with Crippen molar-refractivity contribution < 1.29 is 14.7 Å². The second-order valence-electron chi connectivity index (χ2n) is 5.35. The molecule has 1 amide bonds. The van der Waals surface area contributed by atoms with E-state index in [1.807, 2.05) is 6.92 Å². The lowest BCUT2D eigenvalue weighted by atomic mass is 9.93. The van der Waals surface area contributed by atoms with Crippen molar-refractivity contribution in [2.75, 3.05) is 18.8 Å². The first-order chi connectivity index (χ1) is 9.49. The number of likely N-dealkylation sites (tertiary alicyclic amines) is 1. The standard InChI is InChI=1S/C15H20N2O3/c1-10-12(3-2-4-13(10)16)15(20)17-7-5-11(6-8-17)9-14(18)19/h2-4,11H,5-9,16H2,1H3,(H,18,19).